The van der Waals surface area contributed by atoms with Crippen LogP contribution < -0.4 is 10.1 Å². The average molecular weight is 806 g/mol. The lowest BCUT2D eigenvalue weighted by Gasteiger charge is -2.30. The number of hydrogen-bond acceptors (Lipinski definition) is 9. The van der Waals surface area contributed by atoms with Crippen LogP contribution in [0.1, 0.15) is 90.1 Å². The number of fused-ring (bicyclic) bond motifs is 6. The predicted molar refractivity (Wildman–Crippen MR) is 224 cm³/mol. The summed E-state index contributed by atoms with van der Waals surface area (Å²) in [7, 11) is 2.99. The molecule has 5 heterocycles. The molecule has 0 bridgehead atoms. The largest absolute Gasteiger partial charge is 0.488 e. The minimum absolute atomic E-state index is 0.0689. The summed E-state index contributed by atoms with van der Waals surface area (Å²) in [4.78, 5) is 60.0. The molecule has 6 atom stereocenters. The molecule has 5 aromatic rings. The number of imidazole rings is 2. The zero-order valence-electron chi connectivity index (χ0n) is 35.2. The van der Waals surface area contributed by atoms with E-state index >= 15 is 0 Å². The Morgan fingerprint density at radius 2 is 1.78 bits per heavy atom. The molecule has 14 nitrogen and oxygen atoms in total. The van der Waals surface area contributed by atoms with Crippen molar-refractivity contribution < 1.29 is 33.3 Å². The number of benzene rings is 3. The molecule has 0 aliphatic carbocycles. The topological polar surface area (TPSA) is 164 Å². The van der Waals surface area contributed by atoms with Gasteiger partial charge in [0.1, 0.15) is 35.6 Å². The minimum atomic E-state index is -0.693. The molecule has 2 fully saturated rings. The van der Waals surface area contributed by atoms with Crippen LogP contribution >= 0.6 is 0 Å². The van der Waals surface area contributed by atoms with E-state index in [-0.39, 0.29) is 41.8 Å². The van der Waals surface area contributed by atoms with E-state index in [4.69, 9.17) is 28.9 Å². The molecular weight excluding hydrogens is 751 g/mol. The van der Waals surface area contributed by atoms with E-state index in [1.54, 1.807) is 12.0 Å². The van der Waals surface area contributed by atoms with Crippen molar-refractivity contribution in [3.63, 3.8) is 0 Å². The normalized spacial score (nSPS) is 21.2. The lowest BCUT2D eigenvalue weighted by Crippen LogP contribution is -2.51. The number of nitrogens with one attached hydrogen (secondary N) is 3. The van der Waals surface area contributed by atoms with Crippen LogP contribution in [-0.4, -0.2) is 93.4 Å². The third kappa shape index (κ3) is 7.82. The number of aromatic amines is 2. The summed E-state index contributed by atoms with van der Waals surface area (Å²) < 4.78 is 22.5. The monoisotopic (exact) mass is 805 g/mol. The predicted octanol–water partition coefficient (Wildman–Crippen LogP) is 8.29. The van der Waals surface area contributed by atoms with E-state index in [1.165, 1.54) is 7.11 Å². The molecule has 0 saturated carbocycles. The molecule has 2 unspecified atom stereocenters. The van der Waals surface area contributed by atoms with Gasteiger partial charge in [-0.15, -0.1) is 0 Å². The van der Waals surface area contributed by atoms with Crippen molar-refractivity contribution in [3.05, 3.63) is 65.9 Å². The first-order valence-corrected chi connectivity index (χ1v) is 20.7. The van der Waals surface area contributed by atoms with Gasteiger partial charge in [0.25, 0.3) is 0 Å². The summed E-state index contributed by atoms with van der Waals surface area (Å²) in [5.74, 6) is 2.48. The molecule has 2 aromatic heterocycles. The fraction of sp³-hybridized carbons (Fsp3) is 0.489. The Morgan fingerprint density at radius 1 is 0.983 bits per heavy atom. The van der Waals surface area contributed by atoms with Crippen molar-refractivity contribution >= 4 is 39.9 Å². The molecule has 3 aromatic carbocycles. The van der Waals surface area contributed by atoms with Crippen molar-refractivity contribution in [2.24, 2.45) is 17.8 Å². The summed E-state index contributed by atoms with van der Waals surface area (Å²) in [6.07, 6.45) is 3.06. The van der Waals surface area contributed by atoms with Crippen molar-refractivity contribution in [1.82, 2.24) is 35.1 Å². The van der Waals surface area contributed by atoms with Gasteiger partial charge < -0.3 is 39.1 Å². The Hall–Kier alpha value is -5.63. The molecule has 3 amide bonds. The second kappa shape index (κ2) is 15.9. The molecular formula is C45H55N7O7. The van der Waals surface area contributed by atoms with Gasteiger partial charge in [0.05, 0.1) is 48.7 Å². The third-order valence-corrected chi connectivity index (χ3v) is 12.1. The van der Waals surface area contributed by atoms with Crippen molar-refractivity contribution in [2.45, 2.75) is 91.1 Å². The number of H-pyrrole nitrogens is 2. The quantitative estimate of drug-likeness (QED) is 0.133. The number of methoxy groups -OCH3 is 2. The molecule has 8 rings (SSSR count). The number of ether oxygens (including phenoxy) is 4. The van der Waals surface area contributed by atoms with E-state index in [0.29, 0.717) is 26.3 Å². The average Bonchev–Trinajstić information content (AvgIpc) is 4.03. The van der Waals surface area contributed by atoms with Gasteiger partial charge in [-0.2, -0.15) is 0 Å². The second-order valence-electron chi connectivity index (χ2n) is 17.5. The van der Waals surface area contributed by atoms with Crippen LogP contribution in [0.3, 0.4) is 0 Å². The number of hydrogen-bond donors (Lipinski definition) is 3. The molecule has 59 heavy (non-hydrogen) atoms. The van der Waals surface area contributed by atoms with Crippen LogP contribution in [0.25, 0.3) is 44.2 Å². The first-order valence-electron chi connectivity index (χ1n) is 20.7. The lowest BCUT2D eigenvalue weighted by molar-refractivity contribution is -0.135. The zero-order chi connectivity index (χ0) is 41.7. The maximum atomic E-state index is 13.9. The summed E-state index contributed by atoms with van der Waals surface area (Å²) in [5.41, 5.74) is 6.08. The fourth-order valence-electron chi connectivity index (χ4n) is 8.95. The number of aromatic nitrogens is 4. The van der Waals surface area contributed by atoms with Gasteiger partial charge in [-0.3, -0.25) is 9.69 Å². The Kier molecular flexibility index (Phi) is 10.8. The van der Waals surface area contributed by atoms with Gasteiger partial charge in [-0.05, 0) is 91.8 Å². The fourth-order valence-corrected chi connectivity index (χ4v) is 8.95. The van der Waals surface area contributed by atoms with Crippen LogP contribution in [-0.2, 0) is 25.6 Å². The Bertz CT molecular complexity index is 2400. The van der Waals surface area contributed by atoms with Crippen LogP contribution in [0.4, 0.5) is 9.59 Å². The highest BCUT2D eigenvalue weighted by molar-refractivity contribution is 6.07. The Labute approximate surface area is 344 Å². The first-order chi connectivity index (χ1) is 28.2. The number of rotatable bonds is 9. The van der Waals surface area contributed by atoms with Gasteiger partial charge in [0, 0.05) is 37.1 Å². The van der Waals surface area contributed by atoms with Gasteiger partial charge in [-0.25, -0.2) is 19.6 Å². The molecule has 14 heteroatoms. The molecule has 0 spiro atoms. The van der Waals surface area contributed by atoms with Crippen LogP contribution in [0.2, 0.25) is 0 Å². The maximum absolute atomic E-state index is 13.9. The van der Waals surface area contributed by atoms with E-state index < -0.39 is 17.7 Å². The lowest BCUT2D eigenvalue weighted by atomic mass is 9.92. The summed E-state index contributed by atoms with van der Waals surface area (Å²) in [5, 5.41) is 4.81. The summed E-state index contributed by atoms with van der Waals surface area (Å²) in [6, 6.07) is 13.5. The number of amides is 3. The van der Waals surface area contributed by atoms with Crippen molar-refractivity contribution in [2.75, 3.05) is 33.9 Å². The van der Waals surface area contributed by atoms with Crippen LogP contribution in [0, 0.1) is 17.8 Å². The van der Waals surface area contributed by atoms with Crippen LogP contribution in [0.5, 0.6) is 5.75 Å². The third-order valence-electron chi connectivity index (χ3n) is 12.1. The summed E-state index contributed by atoms with van der Waals surface area (Å²) >= 11 is 0. The molecule has 3 aliphatic rings. The van der Waals surface area contributed by atoms with Crippen molar-refractivity contribution in [1.29, 1.82) is 0 Å². The Morgan fingerprint density at radius 3 is 2.53 bits per heavy atom. The molecule has 0 radical (unpaired) electrons. The zero-order valence-corrected chi connectivity index (χ0v) is 35.2. The highest BCUT2D eigenvalue weighted by Crippen LogP contribution is 2.44. The highest BCUT2D eigenvalue weighted by atomic mass is 16.6. The highest BCUT2D eigenvalue weighted by Gasteiger charge is 2.42. The number of carbonyl (C=O) groups excluding carboxylic acids is 3. The summed E-state index contributed by atoms with van der Waals surface area (Å²) in [6.45, 7) is 13.8. The smallest absolute Gasteiger partial charge is 0.410 e. The Balaban J connectivity index is 1.05. The van der Waals surface area contributed by atoms with Gasteiger partial charge in [-0.1, -0.05) is 45.4 Å². The van der Waals surface area contributed by atoms with Gasteiger partial charge in [0.2, 0.25) is 5.91 Å². The van der Waals surface area contributed by atoms with Crippen molar-refractivity contribution in [3.8, 4) is 28.1 Å². The SMILES string of the molecule is CC[C@H](C)C(NC(=O)OC)C(=O)N1C[C@@H](C)C[C@H]1c1ncc(-c2ccc3c(c2)COc2cc4c(ccc5nc([C@@H]6CC(COC)CN6C(=O)OC(C)(C)C)[nH]c54)cc2-3)[nH]1. The van der Waals surface area contributed by atoms with Crippen LogP contribution in [0.15, 0.2) is 48.7 Å². The van der Waals surface area contributed by atoms with Gasteiger partial charge >= 0.3 is 12.2 Å². The van der Waals surface area contributed by atoms with Gasteiger partial charge in [0.15, 0.2) is 0 Å². The number of alkyl carbamates (subject to hydrolysis) is 1. The molecule has 3 N–H and O–H groups in total. The number of nitrogens with zero attached hydrogens (tertiary/aromatic N) is 4. The maximum Gasteiger partial charge on any atom is 0.410 e. The van der Waals surface area contributed by atoms with E-state index in [0.717, 1.165) is 86.4 Å². The molecule has 312 valence electrons. The number of carbonyl (C=O) groups is 3. The molecule has 3 aliphatic heterocycles. The number of likely N-dealkylation sites (tertiary alicyclic amines) is 2. The van der Waals surface area contributed by atoms with E-state index in [1.807, 2.05) is 51.8 Å². The van der Waals surface area contributed by atoms with E-state index in [2.05, 4.69) is 58.6 Å². The molecule has 2 saturated heterocycles. The standard InChI is InChI=1S/C45H55N7O7/c1-9-25(3)38(50-43(54)57-8)42(53)51-20-24(2)14-35(51)40-46-19-34(48-40)28-10-12-30-29(16-28)23-58-37-18-31-27(17-32(30)37)11-13-33-39(31)49-41(47-33)36-15-26(22-56-7)21-52(36)44(55)59-45(4,5)6/h10-13,16-19,24-26,35-36,38H,9,14-15,20-23H2,1-8H3,(H,46,48)(H,47,49)(H,50,54)/t24-,25-,26?,35-,36-,38?/m0/s1. The first kappa shape index (κ1) is 40.2. The second-order valence-corrected chi connectivity index (χ2v) is 17.5. The minimum Gasteiger partial charge on any atom is -0.488 e. The van der Waals surface area contributed by atoms with E-state index in [9.17, 15) is 14.4 Å².